The summed E-state index contributed by atoms with van der Waals surface area (Å²) in [5.74, 6) is 1.13. The Morgan fingerprint density at radius 2 is 1.92 bits per heavy atom. The second kappa shape index (κ2) is 7.55. The molecule has 0 radical (unpaired) electrons. The normalized spacial score (nSPS) is 20.8. The van der Waals surface area contributed by atoms with Gasteiger partial charge >= 0.3 is 0 Å². The molecule has 1 saturated heterocycles. The number of aliphatic imine (C=N–C) groups is 1. The Morgan fingerprint density at radius 3 is 2.42 bits per heavy atom. The van der Waals surface area contributed by atoms with E-state index in [1.54, 1.807) is 7.05 Å². The van der Waals surface area contributed by atoms with E-state index >= 15 is 0 Å². The third-order valence-corrected chi connectivity index (χ3v) is 6.09. The lowest BCUT2D eigenvalue weighted by Crippen LogP contribution is -2.44. The maximum atomic E-state index is 11.5. The van der Waals surface area contributed by atoms with Gasteiger partial charge < -0.3 is 10.6 Å². The van der Waals surface area contributed by atoms with Gasteiger partial charge in [0.1, 0.15) is 0 Å². The lowest BCUT2D eigenvalue weighted by atomic mass is 9.86. The van der Waals surface area contributed by atoms with Gasteiger partial charge in [-0.3, -0.25) is 4.99 Å². The highest BCUT2D eigenvalue weighted by Gasteiger charge is 2.28. The van der Waals surface area contributed by atoms with Crippen LogP contribution in [0.2, 0.25) is 0 Å². The lowest BCUT2D eigenvalue weighted by molar-refractivity contribution is 0.590. The minimum atomic E-state index is -2.87. The highest BCUT2D eigenvalue weighted by molar-refractivity contribution is 7.91. The summed E-state index contributed by atoms with van der Waals surface area (Å²) in [7, 11) is -1.17. The molecule has 0 amide bonds. The van der Waals surface area contributed by atoms with Crippen molar-refractivity contribution in [3.05, 3.63) is 35.4 Å². The van der Waals surface area contributed by atoms with E-state index in [-0.39, 0.29) is 23.0 Å². The Hall–Kier alpha value is -1.56. The van der Waals surface area contributed by atoms with Crippen molar-refractivity contribution in [2.75, 3.05) is 25.1 Å². The Morgan fingerprint density at radius 1 is 1.25 bits per heavy atom. The van der Waals surface area contributed by atoms with E-state index in [0.717, 1.165) is 13.0 Å². The molecular weight excluding hydrogens is 322 g/mol. The van der Waals surface area contributed by atoms with Crippen molar-refractivity contribution >= 4 is 15.8 Å². The van der Waals surface area contributed by atoms with E-state index in [2.05, 4.69) is 60.7 Å². The van der Waals surface area contributed by atoms with Crippen LogP contribution in [0.15, 0.2) is 29.3 Å². The van der Waals surface area contributed by atoms with Gasteiger partial charge in [-0.15, -0.1) is 0 Å². The van der Waals surface area contributed by atoms with E-state index < -0.39 is 9.84 Å². The van der Waals surface area contributed by atoms with Crippen molar-refractivity contribution < 1.29 is 8.42 Å². The summed E-state index contributed by atoms with van der Waals surface area (Å²) >= 11 is 0. The summed E-state index contributed by atoms with van der Waals surface area (Å²) in [5.41, 5.74) is 2.78. The number of hydrogen-bond donors (Lipinski definition) is 2. The maximum absolute atomic E-state index is 11.5. The number of nitrogens with zero attached hydrogens (tertiary/aromatic N) is 1. The molecule has 1 unspecified atom stereocenters. The molecule has 0 saturated carbocycles. The fourth-order valence-electron chi connectivity index (χ4n) is 2.79. The highest BCUT2D eigenvalue weighted by Crippen LogP contribution is 2.22. The van der Waals surface area contributed by atoms with Crippen LogP contribution in [0.25, 0.3) is 0 Å². The van der Waals surface area contributed by atoms with E-state index in [9.17, 15) is 8.42 Å². The molecular formula is C18H29N3O2S. The van der Waals surface area contributed by atoms with Gasteiger partial charge in [-0.1, -0.05) is 45.0 Å². The van der Waals surface area contributed by atoms with E-state index in [4.69, 9.17) is 0 Å². The van der Waals surface area contributed by atoms with Gasteiger partial charge in [-0.05, 0) is 29.4 Å². The van der Waals surface area contributed by atoms with Crippen LogP contribution in [0.4, 0.5) is 0 Å². The van der Waals surface area contributed by atoms with Crippen molar-refractivity contribution in [2.45, 2.75) is 45.1 Å². The number of rotatable bonds is 4. The molecule has 1 aromatic rings. The van der Waals surface area contributed by atoms with E-state index in [1.807, 2.05) is 0 Å². The molecule has 2 N–H and O–H groups in total. The number of benzene rings is 1. The monoisotopic (exact) mass is 351 g/mol. The SMILES string of the molecule is CN=C(NCCc1ccc(C(C)(C)C)cc1)NC1CCS(=O)(=O)C1. The molecule has 0 spiro atoms. The molecule has 5 nitrogen and oxygen atoms in total. The summed E-state index contributed by atoms with van der Waals surface area (Å²) in [6.45, 7) is 7.39. The van der Waals surface area contributed by atoms with Crippen LogP contribution in [0, 0.1) is 0 Å². The Balaban J connectivity index is 1.80. The number of nitrogens with one attached hydrogen (secondary N) is 2. The Kier molecular flexibility index (Phi) is 5.91. The molecule has 24 heavy (non-hydrogen) atoms. The molecule has 0 bridgehead atoms. The first-order valence-electron chi connectivity index (χ1n) is 8.47. The predicted molar refractivity (Wildman–Crippen MR) is 100 cm³/mol. The zero-order valence-corrected chi connectivity index (χ0v) is 15.9. The van der Waals surface area contributed by atoms with Crippen molar-refractivity contribution in [1.29, 1.82) is 0 Å². The highest BCUT2D eigenvalue weighted by atomic mass is 32.2. The third kappa shape index (κ3) is 5.51. The number of guanidine groups is 1. The Bertz CT molecular complexity index is 673. The second-order valence-corrected chi connectivity index (χ2v) is 9.67. The van der Waals surface area contributed by atoms with Gasteiger partial charge in [0.2, 0.25) is 0 Å². The average Bonchev–Trinajstić information content (AvgIpc) is 2.84. The molecule has 1 fully saturated rings. The van der Waals surface area contributed by atoms with Crippen LogP contribution in [-0.2, 0) is 21.7 Å². The summed E-state index contributed by atoms with van der Waals surface area (Å²) < 4.78 is 23.0. The van der Waals surface area contributed by atoms with Crippen LogP contribution >= 0.6 is 0 Å². The number of sulfone groups is 1. The molecule has 1 heterocycles. The number of hydrogen-bond acceptors (Lipinski definition) is 3. The van der Waals surface area contributed by atoms with Crippen LogP contribution in [0.3, 0.4) is 0 Å². The summed E-state index contributed by atoms with van der Waals surface area (Å²) in [6.07, 6.45) is 1.55. The zero-order valence-electron chi connectivity index (χ0n) is 15.1. The van der Waals surface area contributed by atoms with Gasteiger partial charge in [0.15, 0.2) is 15.8 Å². The van der Waals surface area contributed by atoms with Crippen LogP contribution in [0.5, 0.6) is 0 Å². The quantitative estimate of drug-likeness (QED) is 0.642. The van der Waals surface area contributed by atoms with E-state index in [0.29, 0.717) is 12.4 Å². The molecule has 6 heteroatoms. The van der Waals surface area contributed by atoms with Gasteiger partial charge in [0.05, 0.1) is 11.5 Å². The van der Waals surface area contributed by atoms with Crippen molar-refractivity contribution in [2.24, 2.45) is 4.99 Å². The summed E-state index contributed by atoms with van der Waals surface area (Å²) in [5, 5.41) is 6.46. The van der Waals surface area contributed by atoms with Gasteiger partial charge in [-0.2, -0.15) is 0 Å². The minimum absolute atomic E-state index is 0.0349. The zero-order chi connectivity index (χ0) is 17.8. The first kappa shape index (κ1) is 18.8. The largest absolute Gasteiger partial charge is 0.356 e. The van der Waals surface area contributed by atoms with Gasteiger partial charge in [-0.25, -0.2) is 8.42 Å². The average molecular weight is 352 g/mol. The lowest BCUT2D eigenvalue weighted by Gasteiger charge is -2.19. The van der Waals surface area contributed by atoms with Crippen LogP contribution in [-0.4, -0.2) is 45.5 Å². The van der Waals surface area contributed by atoms with Crippen LogP contribution in [0.1, 0.15) is 38.3 Å². The third-order valence-electron chi connectivity index (χ3n) is 4.32. The van der Waals surface area contributed by atoms with Crippen molar-refractivity contribution in [1.82, 2.24) is 10.6 Å². The summed E-state index contributed by atoms with van der Waals surface area (Å²) in [6, 6.07) is 8.67. The molecule has 1 atom stereocenters. The topological polar surface area (TPSA) is 70.6 Å². The molecule has 1 aliphatic rings. The molecule has 1 aliphatic heterocycles. The minimum Gasteiger partial charge on any atom is -0.356 e. The molecule has 1 aromatic carbocycles. The van der Waals surface area contributed by atoms with Crippen molar-refractivity contribution in [3.8, 4) is 0 Å². The first-order chi connectivity index (χ1) is 11.2. The molecule has 0 aliphatic carbocycles. The smallest absolute Gasteiger partial charge is 0.191 e. The maximum Gasteiger partial charge on any atom is 0.191 e. The molecule has 2 rings (SSSR count). The fraction of sp³-hybridized carbons (Fsp3) is 0.611. The van der Waals surface area contributed by atoms with Crippen LogP contribution < -0.4 is 10.6 Å². The Labute approximate surface area is 145 Å². The predicted octanol–water partition coefficient (Wildman–Crippen LogP) is 1.88. The molecule has 134 valence electrons. The summed E-state index contributed by atoms with van der Waals surface area (Å²) in [4.78, 5) is 4.18. The standard InChI is InChI=1S/C18H29N3O2S/c1-18(2,3)15-7-5-14(6-8-15)9-11-20-17(19-4)21-16-10-12-24(22,23)13-16/h5-8,16H,9-13H2,1-4H3,(H2,19,20,21). The van der Waals surface area contributed by atoms with Gasteiger partial charge in [0, 0.05) is 19.6 Å². The van der Waals surface area contributed by atoms with E-state index in [1.165, 1.54) is 11.1 Å². The fourth-order valence-corrected chi connectivity index (χ4v) is 4.47. The molecule has 0 aromatic heterocycles. The second-order valence-electron chi connectivity index (χ2n) is 7.44. The van der Waals surface area contributed by atoms with Gasteiger partial charge in [0.25, 0.3) is 0 Å². The first-order valence-corrected chi connectivity index (χ1v) is 10.3. The van der Waals surface area contributed by atoms with Crippen molar-refractivity contribution in [3.63, 3.8) is 0 Å².